The predicted octanol–water partition coefficient (Wildman–Crippen LogP) is 4.00. The number of carbonyl (C=O) groups is 1. The normalized spacial score (nSPS) is 19.0. The highest BCUT2D eigenvalue weighted by atomic mass is 79.9. The predicted molar refractivity (Wildman–Crippen MR) is 89.7 cm³/mol. The molecule has 1 aromatic rings. The summed E-state index contributed by atoms with van der Waals surface area (Å²) < 4.78 is 6.63. The van der Waals surface area contributed by atoms with Gasteiger partial charge in [-0.3, -0.25) is 0 Å². The highest BCUT2D eigenvalue weighted by Gasteiger charge is 2.31. The maximum atomic E-state index is 12.2. The van der Waals surface area contributed by atoms with E-state index in [1.807, 2.05) is 25.7 Å². The van der Waals surface area contributed by atoms with Gasteiger partial charge in [-0.1, -0.05) is 0 Å². The lowest BCUT2D eigenvalue weighted by Crippen LogP contribution is -2.43. The Morgan fingerprint density at radius 3 is 2.95 bits per heavy atom. The van der Waals surface area contributed by atoms with Crippen molar-refractivity contribution in [2.45, 2.75) is 51.8 Å². The number of nitrogens with one attached hydrogen (secondary N) is 1. The molecule has 0 bridgehead atoms. The summed E-state index contributed by atoms with van der Waals surface area (Å²) in [6.07, 6.45) is 1.90. The molecule has 2 heterocycles. The zero-order valence-electron chi connectivity index (χ0n) is 12.8. The average molecular weight is 375 g/mol. The van der Waals surface area contributed by atoms with Crippen LogP contribution >= 0.6 is 27.3 Å². The van der Waals surface area contributed by atoms with Crippen LogP contribution in [0.3, 0.4) is 0 Å². The number of thiophene rings is 1. The fourth-order valence-corrected chi connectivity index (χ4v) is 3.87. The van der Waals surface area contributed by atoms with Crippen LogP contribution in [0, 0.1) is 0 Å². The Kier molecular flexibility index (Phi) is 5.68. The van der Waals surface area contributed by atoms with Gasteiger partial charge in [-0.15, -0.1) is 11.3 Å². The van der Waals surface area contributed by atoms with E-state index in [9.17, 15) is 4.79 Å². The van der Waals surface area contributed by atoms with Crippen LogP contribution in [0.4, 0.5) is 4.79 Å². The summed E-state index contributed by atoms with van der Waals surface area (Å²) in [4.78, 5) is 15.3. The fourth-order valence-electron chi connectivity index (χ4n) is 2.41. The van der Waals surface area contributed by atoms with Gasteiger partial charge in [-0.2, -0.15) is 0 Å². The number of hydrogen-bond donors (Lipinski definition) is 1. The lowest BCUT2D eigenvalue weighted by atomic mass is 10.2. The fraction of sp³-hybridized carbons (Fsp3) is 0.667. The summed E-state index contributed by atoms with van der Waals surface area (Å²) in [5.41, 5.74) is -0.431. The van der Waals surface area contributed by atoms with Crippen molar-refractivity contribution >= 4 is 33.4 Å². The molecular formula is C15H23BrN2O2S. The van der Waals surface area contributed by atoms with Gasteiger partial charge in [-0.05, 0) is 61.0 Å². The molecule has 1 aliphatic rings. The summed E-state index contributed by atoms with van der Waals surface area (Å²) in [5.74, 6) is 0. The minimum atomic E-state index is -0.431. The third kappa shape index (κ3) is 4.97. The Balaban J connectivity index is 1.82. The van der Waals surface area contributed by atoms with Crippen molar-refractivity contribution in [1.82, 2.24) is 10.2 Å². The van der Waals surface area contributed by atoms with E-state index >= 15 is 0 Å². The van der Waals surface area contributed by atoms with Crippen molar-refractivity contribution < 1.29 is 9.53 Å². The molecule has 1 fully saturated rings. The summed E-state index contributed by atoms with van der Waals surface area (Å²) in [6.45, 7) is 8.15. The van der Waals surface area contributed by atoms with Crippen molar-refractivity contribution in [2.24, 2.45) is 0 Å². The number of nitrogens with zero attached hydrogens (tertiary/aromatic N) is 1. The molecule has 1 saturated heterocycles. The monoisotopic (exact) mass is 374 g/mol. The van der Waals surface area contributed by atoms with Crippen LogP contribution in [-0.4, -0.2) is 35.7 Å². The van der Waals surface area contributed by atoms with Crippen molar-refractivity contribution in [3.8, 4) is 0 Å². The third-order valence-corrected chi connectivity index (χ3v) is 5.29. The Labute approximate surface area is 139 Å². The average Bonchev–Trinajstić information content (AvgIpc) is 2.97. The molecule has 0 radical (unpaired) electrons. The van der Waals surface area contributed by atoms with E-state index in [0.29, 0.717) is 0 Å². The minimum absolute atomic E-state index is 0.191. The second kappa shape index (κ2) is 7.11. The number of rotatable bonds is 4. The topological polar surface area (TPSA) is 41.6 Å². The van der Waals surface area contributed by atoms with Crippen LogP contribution in [0.1, 0.15) is 38.5 Å². The summed E-state index contributed by atoms with van der Waals surface area (Å²) >= 11 is 5.27. The van der Waals surface area contributed by atoms with Gasteiger partial charge in [0.15, 0.2) is 0 Å². The molecular weight excluding hydrogens is 352 g/mol. The second-order valence-electron chi connectivity index (χ2n) is 6.29. The van der Waals surface area contributed by atoms with Gasteiger partial charge in [0.2, 0.25) is 0 Å². The first-order valence-corrected chi connectivity index (χ1v) is 8.96. The standard InChI is InChI=1S/C15H23BrN2O2S/c1-15(2,3)20-14(19)18-7-4-5-11(18)9-17-10-13-12(16)6-8-21-13/h6,8,11,17H,4-5,7,9-10H2,1-3H3. The molecule has 6 heteroatoms. The molecule has 0 spiro atoms. The van der Waals surface area contributed by atoms with Crippen LogP contribution in [0.25, 0.3) is 0 Å². The lowest BCUT2D eigenvalue weighted by molar-refractivity contribution is 0.0226. The quantitative estimate of drug-likeness (QED) is 0.865. The van der Waals surface area contributed by atoms with E-state index in [2.05, 4.69) is 32.7 Å². The van der Waals surface area contributed by atoms with E-state index in [1.165, 1.54) is 4.88 Å². The molecule has 1 N–H and O–H groups in total. The van der Waals surface area contributed by atoms with Crippen LogP contribution in [0.2, 0.25) is 0 Å². The Morgan fingerprint density at radius 2 is 2.33 bits per heavy atom. The summed E-state index contributed by atoms with van der Waals surface area (Å²) in [7, 11) is 0. The Morgan fingerprint density at radius 1 is 1.57 bits per heavy atom. The largest absolute Gasteiger partial charge is 0.444 e. The van der Waals surface area contributed by atoms with Gasteiger partial charge < -0.3 is 15.0 Å². The highest BCUT2D eigenvalue weighted by molar-refractivity contribution is 9.10. The second-order valence-corrected chi connectivity index (χ2v) is 8.15. The first kappa shape index (κ1) is 16.8. The summed E-state index contributed by atoms with van der Waals surface area (Å²) in [5, 5.41) is 5.52. The molecule has 0 aromatic carbocycles. The van der Waals surface area contributed by atoms with Gasteiger partial charge >= 0.3 is 6.09 Å². The van der Waals surface area contributed by atoms with Gasteiger partial charge in [0.1, 0.15) is 5.60 Å². The molecule has 2 rings (SSSR count). The van der Waals surface area contributed by atoms with E-state index < -0.39 is 5.60 Å². The molecule has 1 aromatic heterocycles. The van der Waals surface area contributed by atoms with Crippen LogP contribution in [0.5, 0.6) is 0 Å². The highest BCUT2D eigenvalue weighted by Crippen LogP contribution is 2.23. The lowest BCUT2D eigenvalue weighted by Gasteiger charge is -2.28. The number of carbonyl (C=O) groups excluding carboxylic acids is 1. The van der Waals surface area contributed by atoms with Crippen LogP contribution in [-0.2, 0) is 11.3 Å². The smallest absolute Gasteiger partial charge is 0.410 e. The van der Waals surface area contributed by atoms with Crippen molar-refractivity contribution in [2.75, 3.05) is 13.1 Å². The summed E-state index contributed by atoms with van der Waals surface area (Å²) in [6, 6.07) is 2.29. The van der Waals surface area contributed by atoms with E-state index in [-0.39, 0.29) is 12.1 Å². The number of hydrogen-bond acceptors (Lipinski definition) is 4. The maximum absolute atomic E-state index is 12.2. The number of amides is 1. The molecule has 118 valence electrons. The van der Waals surface area contributed by atoms with Gasteiger partial charge in [0, 0.05) is 35.0 Å². The molecule has 0 saturated carbocycles. The first-order chi connectivity index (χ1) is 9.87. The van der Waals surface area contributed by atoms with Crippen LogP contribution < -0.4 is 5.32 Å². The van der Waals surface area contributed by atoms with Crippen molar-refractivity contribution in [3.05, 3.63) is 20.8 Å². The Hall–Kier alpha value is -0.590. The van der Waals surface area contributed by atoms with Gasteiger partial charge in [0.25, 0.3) is 0 Å². The molecule has 1 unspecified atom stereocenters. The molecule has 1 amide bonds. The van der Waals surface area contributed by atoms with Crippen LogP contribution in [0.15, 0.2) is 15.9 Å². The maximum Gasteiger partial charge on any atom is 0.410 e. The third-order valence-electron chi connectivity index (χ3n) is 3.36. The number of ether oxygens (including phenoxy) is 1. The molecule has 1 atom stereocenters. The number of likely N-dealkylation sites (tertiary alicyclic amines) is 1. The first-order valence-electron chi connectivity index (χ1n) is 7.29. The molecule has 21 heavy (non-hydrogen) atoms. The number of halogens is 1. The zero-order chi connectivity index (χ0) is 15.5. The SMILES string of the molecule is CC(C)(C)OC(=O)N1CCCC1CNCc1sccc1Br. The van der Waals surface area contributed by atoms with Crippen molar-refractivity contribution in [3.63, 3.8) is 0 Å². The molecule has 1 aliphatic heterocycles. The zero-order valence-corrected chi connectivity index (χ0v) is 15.2. The van der Waals surface area contributed by atoms with Crippen molar-refractivity contribution in [1.29, 1.82) is 0 Å². The van der Waals surface area contributed by atoms with E-state index in [1.54, 1.807) is 11.3 Å². The molecule has 0 aliphatic carbocycles. The Bertz CT molecular complexity index is 484. The van der Waals surface area contributed by atoms with E-state index in [0.717, 1.165) is 36.9 Å². The van der Waals surface area contributed by atoms with Gasteiger partial charge in [0.05, 0.1) is 0 Å². The molecule has 4 nitrogen and oxygen atoms in total. The van der Waals surface area contributed by atoms with E-state index in [4.69, 9.17) is 4.74 Å². The van der Waals surface area contributed by atoms with Gasteiger partial charge in [-0.25, -0.2) is 4.79 Å². The minimum Gasteiger partial charge on any atom is -0.444 e.